The zero-order chi connectivity index (χ0) is 15.8. The number of methoxy groups -OCH3 is 1. The molecule has 1 heterocycles. The Morgan fingerprint density at radius 3 is 2.62 bits per heavy atom. The lowest BCUT2D eigenvalue weighted by Gasteiger charge is -2.31. The minimum Gasteiger partial charge on any atom is -0.497 e. The van der Waals surface area contributed by atoms with Gasteiger partial charge in [0.2, 0.25) is 0 Å². The van der Waals surface area contributed by atoms with Crippen molar-refractivity contribution in [2.45, 2.75) is 31.6 Å². The monoisotopic (exact) mass is 306 g/mol. The topological polar surface area (TPSA) is 35.5 Å². The van der Waals surface area contributed by atoms with Crippen molar-refractivity contribution in [3.8, 4) is 16.9 Å². The molecule has 0 radical (unpaired) electrons. The molecule has 1 aromatic carbocycles. The molecule has 1 aliphatic rings. The molecule has 1 aliphatic heterocycles. The fourth-order valence-corrected chi connectivity index (χ4v) is 3.10. The molecule has 0 aliphatic carbocycles. The van der Waals surface area contributed by atoms with E-state index in [0.717, 1.165) is 11.3 Å². The number of benzene rings is 1. The highest BCUT2D eigenvalue weighted by Crippen LogP contribution is 2.46. The van der Waals surface area contributed by atoms with E-state index in [1.165, 1.54) is 0 Å². The van der Waals surface area contributed by atoms with Crippen LogP contribution in [-0.4, -0.2) is 31.0 Å². The lowest BCUT2D eigenvalue weighted by Crippen LogP contribution is -2.22. The van der Waals surface area contributed by atoms with Gasteiger partial charge in [0.05, 0.1) is 18.1 Å². The molecule has 3 nitrogen and oxygen atoms in total. The highest BCUT2D eigenvalue weighted by atomic mass is 32.3. The Balaban J connectivity index is 2.67. The van der Waals surface area contributed by atoms with Crippen molar-refractivity contribution in [2.24, 2.45) is 0 Å². The Kier molecular flexibility index (Phi) is 3.99. The standard InChI is InChI=1S/C17H22O3S/c1-12-20-16(18)14-8-7-13(19-4)11-15(14)17(2,3)9-10-21(12,5)6/h7-8,11-12H,1-6H3. The second-order valence-electron chi connectivity index (χ2n) is 6.14. The summed E-state index contributed by atoms with van der Waals surface area (Å²) >= 11 is 0. The van der Waals surface area contributed by atoms with Crippen molar-refractivity contribution in [2.75, 3.05) is 19.6 Å². The van der Waals surface area contributed by atoms with Crippen LogP contribution >= 0.6 is 10.0 Å². The largest absolute Gasteiger partial charge is 0.497 e. The van der Waals surface area contributed by atoms with Crippen LogP contribution in [0.2, 0.25) is 0 Å². The fraction of sp³-hybridized carbons (Fsp3) is 0.471. The molecule has 2 rings (SSSR count). The summed E-state index contributed by atoms with van der Waals surface area (Å²) in [5.41, 5.74) is 0.793. The van der Waals surface area contributed by atoms with E-state index in [-0.39, 0.29) is 11.4 Å². The van der Waals surface area contributed by atoms with Crippen LogP contribution < -0.4 is 4.74 Å². The smallest absolute Gasteiger partial charge is 0.339 e. The third-order valence-corrected chi connectivity index (χ3v) is 6.23. The maximum absolute atomic E-state index is 12.5. The number of cyclic esters (lactones) is 1. The predicted molar refractivity (Wildman–Crippen MR) is 88.1 cm³/mol. The number of hydrogen-bond donors (Lipinski definition) is 0. The van der Waals surface area contributed by atoms with E-state index in [0.29, 0.717) is 5.56 Å². The number of esters is 1. The second-order valence-corrected chi connectivity index (χ2v) is 9.82. The molecular formula is C17H22O3S. The maximum Gasteiger partial charge on any atom is 0.339 e. The van der Waals surface area contributed by atoms with E-state index in [4.69, 9.17) is 9.47 Å². The average Bonchev–Trinajstić information content (AvgIpc) is 2.45. The van der Waals surface area contributed by atoms with Gasteiger partial charge in [0.1, 0.15) is 11.2 Å². The Bertz CT molecular complexity index is 635. The third-order valence-electron chi connectivity index (χ3n) is 3.85. The van der Waals surface area contributed by atoms with E-state index in [1.807, 2.05) is 26.8 Å². The minimum absolute atomic E-state index is 0.193. The summed E-state index contributed by atoms with van der Waals surface area (Å²) in [6.07, 6.45) is 4.15. The SMILES string of the molecule is COc1ccc2c(c1)C(C)(C)C#CS(C)(C)C(C)OC2=O. The molecule has 114 valence electrons. The number of carbonyl (C=O) groups excluding carboxylic acids is 1. The summed E-state index contributed by atoms with van der Waals surface area (Å²) < 4.78 is 10.9. The number of hydrogen-bond acceptors (Lipinski definition) is 3. The first-order valence-corrected chi connectivity index (χ1v) is 9.34. The van der Waals surface area contributed by atoms with Gasteiger partial charge in [-0.15, -0.1) is 10.0 Å². The second kappa shape index (κ2) is 5.31. The van der Waals surface area contributed by atoms with Gasteiger partial charge in [-0.3, -0.25) is 0 Å². The van der Waals surface area contributed by atoms with Crippen LogP contribution in [-0.2, 0) is 10.2 Å². The van der Waals surface area contributed by atoms with E-state index >= 15 is 0 Å². The van der Waals surface area contributed by atoms with Gasteiger partial charge in [0.15, 0.2) is 0 Å². The zero-order valence-corrected chi connectivity index (χ0v) is 14.3. The molecule has 1 unspecified atom stereocenters. The van der Waals surface area contributed by atoms with E-state index in [2.05, 4.69) is 23.7 Å². The highest BCUT2D eigenvalue weighted by molar-refractivity contribution is 8.36. The summed E-state index contributed by atoms with van der Waals surface area (Å²) in [5, 5.41) is 3.36. The molecule has 0 fully saturated rings. The van der Waals surface area contributed by atoms with Crippen LogP contribution in [0.3, 0.4) is 0 Å². The molecule has 1 atom stereocenters. The molecule has 0 saturated carbocycles. The van der Waals surface area contributed by atoms with Crippen LogP contribution in [0.5, 0.6) is 5.75 Å². The van der Waals surface area contributed by atoms with Crippen LogP contribution in [0.1, 0.15) is 36.7 Å². The summed E-state index contributed by atoms with van der Waals surface area (Å²) in [5.74, 6) is 3.77. The van der Waals surface area contributed by atoms with Gasteiger partial charge in [-0.2, -0.15) is 0 Å². The zero-order valence-electron chi connectivity index (χ0n) is 13.4. The van der Waals surface area contributed by atoms with Crippen molar-refractivity contribution >= 4 is 16.0 Å². The lowest BCUT2D eigenvalue weighted by molar-refractivity contribution is 0.0475. The van der Waals surface area contributed by atoms with Crippen molar-refractivity contribution in [1.29, 1.82) is 0 Å². The number of rotatable bonds is 1. The maximum atomic E-state index is 12.5. The van der Waals surface area contributed by atoms with Crippen molar-refractivity contribution < 1.29 is 14.3 Å². The van der Waals surface area contributed by atoms with E-state index in [1.54, 1.807) is 19.2 Å². The van der Waals surface area contributed by atoms with Crippen LogP contribution in [0, 0.1) is 11.2 Å². The molecular weight excluding hydrogens is 284 g/mol. The first-order chi connectivity index (χ1) is 9.67. The van der Waals surface area contributed by atoms with E-state index < -0.39 is 15.4 Å². The Hall–Kier alpha value is -1.60. The Morgan fingerprint density at radius 1 is 1.33 bits per heavy atom. The summed E-state index contributed by atoms with van der Waals surface area (Å²) in [4.78, 5) is 12.5. The normalized spacial score (nSPS) is 24.1. The van der Waals surface area contributed by atoms with Crippen LogP contribution in [0.4, 0.5) is 0 Å². The average molecular weight is 306 g/mol. The molecule has 0 amide bonds. The molecule has 0 bridgehead atoms. The third kappa shape index (κ3) is 3.03. The van der Waals surface area contributed by atoms with Gasteiger partial charge in [-0.25, -0.2) is 4.79 Å². The lowest BCUT2D eigenvalue weighted by atomic mass is 9.82. The molecule has 0 aromatic heterocycles. The molecule has 0 saturated heterocycles. The van der Waals surface area contributed by atoms with Gasteiger partial charge in [-0.1, -0.05) is 11.2 Å². The van der Waals surface area contributed by atoms with E-state index in [9.17, 15) is 4.79 Å². The van der Waals surface area contributed by atoms with Gasteiger partial charge >= 0.3 is 5.97 Å². The van der Waals surface area contributed by atoms with Crippen molar-refractivity contribution in [3.63, 3.8) is 0 Å². The molecule has 0 N–H and O–H groups in total. The van der Waals surface area contributed by atoms with Gasteiger partial charge in [0.25, 0.3) is 0 Å². The van der Waals surface area contributed by atoms with Gasteiger partial charge < -0.3 is 9.47 Å². The summed E-state index contributed by atoms with van der Waals surface area (Å²) in [6.45, 7) is 5.97. The quantitative estimate of drug-likeness (QED) is 0.588. The van der Waals surface area contributed by atoms with Crippen molar-refractivity contribution in [1.82, 2.24) is 0 Å². The predicted octanol–water partition coefficient (Wildman–Crippen LogP) is 3.51. The fourth-order valence-electron chi connectivity index (χ4n) is 2.09. The highest BCUT2D eigenvalue weighted by Gasteiger charge is 2.31. The number of ether oxygens (including phenoxy) is 2. The summed E-state index contributed by atoms with van der Waals surface area (Å²) in [6, 6.07) is 5.42. The molecule has 0 spiro atoms. The minimum atomic E-state index is -1.32. The summed E-state index contributed by atoms with van der Waals surface area (Å²) in [7, 11) is 0.297. The van der Waals surface area contributed by atoms with Gasteiger partial charge in [-0.05, 0) is 57.0 Å². The Labute approximate surface area is 128 Å². The first kappa shape index (κ1) is 15.8. The Morgan fingerprint density at radius 2 is 2.00 bits per heavy atom. The van der Waals surface area contributed by atoms with Crippen LogP contribution in [0.15, 0.2) is 18.2 Å². The first-order valence-electron chi connectivity index (χ1n) is 6.83. The molecule has 4 heteroatoms. The van der Waals surface area contributed by atoms with Crippen molar-refractivity contribution in [3.05, 3.63) is 29.3 Å². The number of fused-ring (bicyclic) bond motifs is 1. The van der Waals surface area contributed by atoms with Gasteiger partial charge in [0, 0.05) is 0 Å². The molecule has 1 aromatic rings. The molecule has 21 heavy (non-hydrogen) atoms. The van der Waals surface area contributed by atoms with Crippen LogP contribution in [0.25, 0.3) is 0 Å². The number of carbonyl (C=O) groups is 1.